The third-order valence-electron chi connectivity index (χ3n) is 4.23. The normalized spacial score (nSPS) is 13.0. The van der Waals surface area contributed by atoms with Crippen molar-refractivity contribution in [1.82, 2.24) is 5.32 Å². The Morgan fingerprint density at radius 1 is 1.04 bits per heavy atom. The van der Waals surface area contributed by atoms with Crippen molar-refractivity contribution in [3.8, 4) is 0 Å². The van der Waals surface area contributed by atoms with E-state index in [9.17, 15) is 14.4 Å². The van der Waals surface area contributed by atoms with E-state index in [0.29, 0.717) is 16.9 Å². The van der Waals surface area contributed by atoms with Crippen LogP contribution in [-0.2, 0) is 9.59 Å². The van der Waals surface area contributed by atoms with Gasteiger partial charge in [0.25, 0.3) is 5.91 Å². The number of amides is 3. The first-order chi connectivity index (χ1) is 12.9. The highest BCUT2D eigenvalue weighted by atomic mass is 79.9. The number of rotatable bonds is 6. The number of benzene rings is 2. The Labute approximate surface area is 165 Å². The first-order valence-corrected chi connectivity index (χ1v) is 9.47. The van der Waals surface area contributed by atoms with Crippen LogP contribution in [0.25, 0.3) is 0 Å². The molecule has 0 unspecified atom stereocenters. The lowest BCUT2D eigenvalue weighted by Crippen LogP contribution is -2.33. The van der Waals surface area contributed by atoms with E-state index in [-0.39, 0.29) is 30.2 Å². The SMILES string of the molecule is Cc1cc(Br)ccc1NC(=O)CNC(=O)c1ccc(NC(=O)C2CC2)cc1. The van der Waals surface area contributed by atoms with E-state index >= 15 is 0 Å². The number of nitrogens with one attached hydrogen (secondary N) is 3. The molecule has 1 saturated carbocycles. The van der Waals surface area contributed by atoms with E-state index in [0.717, 1.165) is 22.9 Å². The largest absolute Gasteiger partial charge is 0.343 e. The average Bonchev–Trinajstić information content (AvgIpc) is 3.48. The lowest BCUT2D eigenvalue weighted by molar-refractivity contribution is -0.117. The van der Waals surface area contributed by atoms with Gasteiger partial charge < -0.3 is 16.0 Å². The van der Waals surface area contributed by atoms with Gasteiger partial charge in [-0.05, 0) is 67.8 Å². The van der Waals surface area contributed by atoms with Crippen LogP contribution < -0.4 is 16.0 Å². The monoisotopic (exact) mass is 429 g/mol. The van der Waals surface area contributed by atoms with Gasteiger partial charge in [-0.2, -0.15) is 0 Å². The molecular weight excluding hydrogens is 410 g/mol. The van der Waals surface area contributed by atoms with Gasteiger partial charge in [0, 0.05) is 27.3 Å². The van der Waals surface area contributed by atoms with Crippen LogP contribution in [0.15, 0.2) is 46.9 Å². The molecule has 0 atom stereocenters. The maximum atomic E-state index is 12.2. The van der Waals surface area contributed by atoms with Crippen molar-refractivity contribution in [3.63, 3.8) is 0 Å². The van der Waals surface area contributed by atoms with Gasteiger partial charge in [-0.3, -0.25) is 14.4 Å². The lowest BCUT2D eigenvalue weighted by Gasteiger charge is -2.10. The van der Waals surface area contributed by atoms with Crippen LogP contribution in [0, 0.1) is 12.8 Å². The summed E-state index contributed by atoms with van der Waals surface area (Å²) >= 11 is 3.37. The van der Waals surface area contributed by atoms with Gasteiger partial charge in [-0.1, -0.05) is 15.9 Å². The highest BCUT2D eigenvalue weighted by Gasteiger charge is 2.29. The van der Waals surface area contributed by atoms with E-state index in [1.54, 1.807) is 30.3 Å². The molecule has 0 aliphatic heterocycles. The number of halogens is 1. The van der Waals surface area contributed by atoms with Crippen molar-refractivity contribution < 1.29 is 14.4 Å². The summed E-state index contributed by atoms with van der Waals surface area (Å²) in [5, 5.41) is 8.18. The summed E-state index contributed by atoms with van der Waals surface area (Å²) in [6.07, 6.45) is 1.88. The van der Waals surface area contributed by atoms with Crippen LogP contribution in [0.5, 0.6) is 0 Å². The Balaban J connectivity index is 1.49. The fraction of sp³-hybridized carbons (Fsp3) is 0.250. The van der Waals surface area contributed by atoms with Crippen molar-refractivity contribution in [3.05, 3.63) is 58.1 Å². The number of carbonyl (C=O) groups is 3. The fourth-order valence-corrected chi connectivity index (χ4v) is 2.99. The predicted octanol–water partition coefficient (Wildman–Crippen LogP) is 3.47. The molecule has 3 amide bonds. The van der Waals surface area contributed by atoms with Gasteiger partial charge in [-0.25, -0.2) is 0 Å². The highest BCUT2D eigenvalue weighted by molar-refractivity contribution is 9.10. The number of carbonyl (C=O) groups excluding carboxylic acids is 3. The van der Waals surface area contributed by atoms with E-state index in [1.807, 2.05) is 19.1 Å². The Bertz CT molecular complexity index is 877. The predicted molar refractivity (Wildman–Crippen MR) is 108 cm³/mol. The summed E-state index contributed by atoms with van der Waals surface area (Å²) in [5.41, 5.74) is 2.71. The van der Waals surface area contributed by atoms with Crippen molar-refractivity contribution >= 4 is 45.0 Å². The minimum absolute atomic E-state index is 0.0205. The van der Waals surface area contributed by atoms with E-state index in [1.165, 1.54) is 0 Å². The third-order valence-corrected chi connectivity index (χ3v) is 4.73. The molecule has 1 fully saturated rings. The van der Waals surface area contributed by atoms with Gasteiger partial charge >= 0.3 is 0 Å². The second kappa shape index (κ2) is 8.35. The van der Waals surface area contributed by atoms with Gasteiger partial charge in [-0.15, -0.1) is 0 Å². The van der Waals surface area contributed by atoms with Gasteiger partial charge in [0.1, 0.15) is 0 Å². The van der Waals surface area contributed by atoms with E-state index in [2.05, 4.69) is 31.9 Å². The molecule has 0 heterocycles. The topological polar surface area (TPSA) is 87.3 Å². The molecule has 2 aromatic rings. The van der Waals surface area contributed by atoms with Gasteiger partial charge in [0.05, 0.1) is 6.54 Å². The second-order valence-electron chi connectivity index (χ2n) is 6.53. The zero-order chi connectivity index (χ0) is 19.4. The Hall–Kier alpha value is -2.67. The molecule has 7 heteroatoms. The number of hydrogen-bond acceptors (Lipinski definition) is 3. The molecule has 1 aliphatic rings. The van der Waals surface area contributed by atoms with E-state index < -0.39 is 0 Å². The molecule has 27 heavy (non-hydrogen) atoms. The smallest absolute Gasteiger partial charge is 0.251 e. The molecule has 2 aromatic carbocycles. The summed E-state index contributed by atoms with van der Waals surface area (Å²) < 4.78 is 0.933. The summed E-state index contributed by atoms with van der Waals surface area (Å²) in [6.45, 7) is 1.76. The first kappa shape index (κ1) is 19.1. The standard InChI is InChI=1S/C20H20BrN3O3/c1-12-10-15(21)6-9-17(12)24-18(25)11-22-19(26)13-4-7-16(8-5-13)23-20(27)14-2-3-14/h4-10,14H,2-3,11H2,1H3,(H,22,26)(H,23,27)(H,24,25). The average molecular weight is 430 g/mol. The maximum absolute atomic E-state index is 12.2. The molecule has 0 bridgehead atoms. The van der Waals surface area contributed by atoms with Gasteiger partial charge in [0.2, 0.25) is 11.8 Å². The minimum Gasteiger partial charge on any atom is -0.343 e. The maximum Gasteiger partial charge on any atom is 0.251 e. The zero-order valence-corrected chi connectivity index (χ0v) is 16.4. The molecule has 6 nitrogen and oxygen atoms in total. The molecule has 0 aromatic heterocycles. The van der Waals surface area contributed by atoms with Crippen LogP contribution in [0.4, 0.5) is 11.4 Å². The quantitative estimate of drug-likeness (QED) is 0.656. The molecule has 1 aliphatic carbocycles. The Kier molecular flexibility index (Phi) is 5.91. The number of hydrogen-bond donors (Lipinski definition) is 3. The number of anilines is 2. The molecular formula is C20H20BrN3O3. The van der Waals surface area contributed by atoms with Gasteiger partial charge in [0.15, 0.2) is 0 Å². The van der Waals surface area contributed by atoms with Crippen molar-refractivity contribution in [2.75, 3.05) is 17.2 Å². The van der Waals surface area contributed by atoms with Crippen LogP contribution in [0.3, 0.4) is 0 Å². The first-order valence-electron chi connectivity index (χ1n) is 8.67. The second-order valence-corrected chi connectivity index (χ2v) is 7.45. The summed E-state index contributed by atoms with van der Waals surface area (Å²) in [7, 11) is 0. The minimum atomic E-state index is -0.349. The summed E-state index contributed by atoms with van der Waals surface area (Å²) in [6, 6.07) is 12.1. The Morgan fingerprint density at radius 2 is 1.74 bits per heavy atom. The summed E-state index contributed by atoms with van der Waals surface area (Å²) in [4.78, 5) is 36.0. The van der Waals surface area contributed by atoms with Crippen LogP contribution in [0.2, 0.25) is 0 Å². The summed E-state index contributed by atoms with van der Waals surface area (Å²) in [5.74, 6) is -0.507. The third kappa shape index (κ3) is 5.40. The highest BCUT2D eigenvalue weighted by Crippen LogP contribution is 2.30. The van der Waals surface area contributed by atoms with Crippen molar-refractivity contribution in [2.45, 2.75) is 19.8 Å². The van der Waals surface area contributed by atoms with E-state index in [4.69, 9.17) is 0 Å². The molecule has 3 N–H and O–H groups in total. The molecule has 0 spiro atoms. The molecule has 0 saturated heterocycles. The lowest BCUT2D eigenvalue weighted by atomic mass is 10.2. The zero-order valence-electron chi connectivity index (χ0n) is 14.8. The van der Waals surface area contributed by atoms with Crippen LogP contribution in [0.1, 0.15) is 28.8 Å². The molecule has 140 valence electrons. The molecule has 0 radical (unpaired) electrons. The van der Waals surface area contributed by atoms with Crippen LogP contribution >= 0.6 is 15.9 Å². The van der Waals surface area contributed by atoms with Crippen molar-refractivity contribution in [2.24, 2.45) is 5.92 Å². The van der Waals surface area contributed by atoms with Crippen LogP contribution in [-0.4, -0.2) is 24.3 Å². The molecule has 3 rings (SSSR count). The van der Waals surface area contributed by atoms with Crippen molar-refractivity contribution in [1.29, 1.82) is 0 Å². The Morgan fingerprint density at radius 3 is 2.37 bits per heavy atom. The number of aryl methyl sites for hydroxylation is 1. The fourth-order valence-electron chi connectivity index (χ4n) is 2.52.